The summed E-state index contributed by atoms with van der Waals surface area (Å²) in [5.74, 6) is 0.215. The minimum atomic E-state index is -0.308. The molecule has 0 saturated heterocycles. The summed E-state index contributed by atoms with van der Waals surface area (Å²) >= 11 is 0. The second-order valence-electron chi connectivity index (χ2n) is 4.53. The van der Waals surface area contributed by atoms with Gasteiger partial charge in [-0.2, -0.15) is 0 Å². The smallest absolute Gasteiger partial charge is 0.234 e. The van der Waals surface area contributed by atoms with Gasteiger partial charge in [0, 0.05) is 19.3 Å². The molecule has 0 heterocycles. The van der Waals surface area contributed by atoms with E-state index in [9.17, 15) is 4.79 Å². The SMILES string of the molecule is CC(C)COCCC(NC(C)C)C(N)=O. The van der Waals surface area contributed by atoms with E-state index in [2.05, 4.69) is 19.2 Å². The quantitative estimate of drug-likeness (QED) is 0.593. The summed E-state index contributed by atoms with van der Waals surface area (Å²) < 4.78 is 5.41. The Hall–Kier alpha value is -0.610. The van der Waals surface area contributed by atoms with Crippen LogP contribution >= 0.6 is 0 Å². The van der Waals surface area contributed by atoms with E-state index in [4.69, 9.17) is 10.5 Å². The van der Waals surface area contributed by atoms with Crippen molar-refractivity contribution in [2.45, 2.75) is 46.2 Å². The van der Waals surface area contributed by atoms with Crippen molar-refractivity contribution >= 4 is 5.91 Å². The highest BCUT2D eigenvalue weighted by Crippen LogP contribution is 1.98. The predicted octanol–water partition coefficient (Wildman–Crippen LogP) is 0.901. The molecule has 0 spiro atoms. The molecule has 0 saturated carbocycles. The van der Waals surface area contributed by atoms with Crippen molar-refractivity contribution in [3.05, 3.63) is 0 Å². The molecular formula is C11H24N2O2. The van der Waals surface area contributed by atoms with Crippen LogP contribution in [0.15, 0.2) is 0 Å². The van der Waals surface area contributed by atoms with E-state index in [0.717, 1.165) is 6.61 Å². The molecule has 4 heteroatoms. The predicted molar refractivity (Wildman–Crippen MR) is 61.5 cm³/mol. The summed E-state index contributed by atoms with van der Waals surface area (Å²) in [7, 11) is 0. The van der Waals surface area contributed by atoms with Crippen LogP contribution in [-0.2, 0) is 9.53 Å². The number of ether oxygens (including phenoxy) is 1. The zero-order chi connectivity index (χ0) is 11.8. The van der Waals surface area contributed by atoms with E-state index in [1.807, 2.05) is 13.8 Å². The fourth-order valence-corrected chi connectivity index (χ4v) is 1.23. The van der Waals surface area contributed by atoms with Crippen LogP contribution in [0.25, 0.3) is 0 Å². The molecule has 0 aliphatic heterocycles. The van der Waals surface area contributed by atoms with E-state index in [1.54, 1.807) is 0 Å². The fraction of sp³-hybridized carbons (Fsp3) is 0.909. The first-order valence-corrected chi connectivity index (χ1v) is 5.56. The third kappa shape index (κ3) is 8.39. The second-order valence-corrected chi connectivity index (χ2v) is 4.53. The summed E-state index contributed by atoms with van der Waals surface area (Å²) in [4.78, 5) is 11.1. The number of carbonyl (C=O) groups excluding carboxylic acids is 1. The Labute approximate surface area is 92.6 Å². The van der Waals surface area contributed by atoms with Gasteiger partial charge in [0.1, 0.15) is 0 Å². The average Bonchev–Trinajstić information content (AvgIpc) is 2.08. The van der Waals surface area contributed by atoms with Crippen LogP contribution < -0.4 is 11.1 Å². The maximum atomic E-state index is 11.1. The highest BCUT2D eigenvalue weighted by molar-refractivity contribution is 5.79. The average molecular weight is 216 g/mol. The van der Waals surface area contributed by atoms with Crippen LogP contribution in [0.2, 0.25) is 0 Å². The Kier molecular flexibility index (Phi) is 7.34. The topological polar surface area (TPSA) is 64.3 Å². The van der Waals surface area contributed by atoms with Crippen molar-refractivity contribution in [2.24, 2.45) is 11.7 Å². The molecule has 0 aromatic heterocycles. The Morgan fingerprint density at radius 1 is 1.33 bits per heavy atom. The molecule has 3 N–H and O–H groups in total. The first-order chi connectivity index (χ1) is 6.93. The van der Waals surface area contributed by atoms with Gasteiger partial charge in [-0.15, -0.1) is 0 Å². The molecule has 0 aromatic carbocycles. The molecule has 0 aliphatic carbocycles. The van der Waals surface area contributed by atoms with Gasteiger partial charge in [-0.3, -0.25) is 4.79 Å². The molecule has 0 fully saturated rings. The first kappa shape index (κ1) is 14.4. The summed E-state index contributed by atoms with van der Waals surface area (Å²) in [5, 5.41) is 3.11. The van der Waals surface area contributed by atoms with Crippen molar-refractivity contribution < 1.29 is 9.53 Å². The van der Waals surface area contributed by atoms with Gasteiger partial charge in [-0.05, 0) is 12.3 Å². The number of hydrogen-bond acceptors (Lipinski definition) is 3. The maximum absolute atomic E-state index is 11.1. The molecule has 0 rings (SSSR count). The van der Waals surface area contributed by atoms with E-state index >= 15 is 0 Å². The lowest BCUT2D eigenvalue weighted by Crippen LogP contribution is -2.45. The molecule has 0 aliphatic rings. The van der Waals surface area contributed by atoms with Crippen molar-refractivity contribution in [2.75, 3.05) is 13.2 Å². The molecule has 1 unspecified atom stereocenters. The van der Waals surface area contributed by atoms with Crippen LogP contribution in [-0.4, -0.2) is 31.2 Å². The number of nitrogens with one attached hydrogen (secondary N) is 1. The normalized spacial score (nSPS) is 13.5. The maximum Gasteiger partial charge on any atom is 0.234 e. The summed E-state index contributed by atoms with van der Waals surface area (Å²) in [6.07, 6.45) is 0.639. The lowest BCUT2D eigenvalue weighted by atomic mass is 10.2. The van der Waals surface area contributed by atoms with Crippen molar-refractivity contribution in [3.8, 4) is 0 Å². The van der Waals surface area contributed by atoms with Crippen LogP contribution in [0.5, 0.6) is 0 Å². The van der Waals surface area contributed by atoms with Crippen LogP contribution in [0.1, 0.15) is 34.1 Å². The first-order valence-electron chi connectivity index (χ1n) is 5.56. The third-order valence-electron chi connectivity index (χ3n) is 1.88. The number of nitrogens with two attached hydrogens (primary N) is 1. The minimum absolute atomic E-state index is 0.257. The largest absolute Gasteiger partial charge is 0.381 e. The van der Waals surface area contributed by atoms with Gasteiger partial charge < -0.3 is 15.8 Å². The molecular weight excluding hydrogens is 192 g/mol. The molecule has 0 aromatic rings. The Morgan fingerprint density at radius 2 is 1.93 bits per heavy atom. The monoisotopic (exact) mass is 216 g/mol. The number of carbonyl (C=O) groups is 1. The summed E-state index contributed by atoms with van der Waals surface area (Å²) in [6, 6.07) is -0.0234. The fourth-order valence-electron chi connectivity index (χ4n) is 1.23. The van der Waals surface area contributed by atoms with Gasteiger partial charge in [0.2, 0.25) is 5.91 Å². The van der Waals surface area contributed by atoms with Gasteiger partial charge in [0.05, 0.1) is 6.04 Å². The van der Waals surface area contributed by atoms with Gasteiger partial charge >= 0.3 is 0 Å². The van der Waals surface area contributed by atoms with Crippen molar-refractivity contribution in [1.82, 2.24) is 5.32 Å². The zero-order valence-corrected chi connectivity index (χ0v) is 10.2. The van der Waals surface area contributed by atoms with Crippen LogP contribution in [0, 0.1) is 5.92 Å². The van der Waals surface area contributed by atoms with Crippen LogP contribution in [0.4, 0.5) is 0 Å². The van der Waals surface area contributed by atoms with Gasteiger partial charge in [-0.1, -0.05) is 27.7 Å². The molecule has 90 valence electrons. The molecule has 1 atom stereocenters. The number of amides is 1. The second kappa shape index (κ2) is 7.65. The number of primary amides is 1. The van der Waals surface area contributed by atoms with Gasteiger partial charge in [0.25, 0.3) is 0 Å². The lowest BCUT2D eigenvalue weighted by Gasteiger charge is -2.18. The number of hydrogen-bond donors (Lipinski definition) is 2. The van der Waals surface area contributed by atoms with Gasteiger partial charge in [-0.25, -0.2) is 0 Å². The lowest BCUT2D eigenvalue weighted by molar-refractivity contribution is -0.120. The van der Waals surface area contributed by atoms with E-state index in [0.29, 0.717) is 18.9 Å². The molecule has 4 nitrogen and oxygen atoms in total. The van der Waals surface area contributed by atoms with Gasteiger partial charge in [0.15, 0.2) is 0 Å². The molecule has 0 bridgehead atoms. The minimum Gasteiger partial charge on any atom is -0.381 e. The molecule has 15 heavy (non-hydrogen) atoms. The Balaban J connectivity index is 3.72. The number of rotatable bonds is 8. The van der Waals surface area contributed by atoms with E-state index < -0.39 is 0 Å². The van der Waals surface area contributed by atoms with Crippen molar-refractivity contribution in [1.29, 1.82) is 0 Å². The third-order valence-corrected chi connectivity index (χ3v) is 1.88. The van der Waals surface area contributed by atoms with Crippen molar-refractivity contribution in [3.63, 3.8) is 0 Å². The Morgan fingerprint density at radius 3 is 2.33 bits per heavy atom. The standard InChI is InChI=1S/C11H24N2O2/c1-8(2)7-15-6-5-10(11(12)14)13-9(3)4/h8-10,13H,5-7H2,1-4H3,(H2,12,14). The Bertz CT molecular complexity index is 181. The van der Waals surface area contributed by atoms with E-state index in [-0.39, 0.29) is 18.0 Å². The molecule has 1 amide bonds. The highest BCUT2D eigenvalue weighted by Gasteiger charge is 2.15. The highest BCUT2D eigenvalue weighted by atomic mass is 16.5. The van der Waals surface area contributed by atoms with Crippen LogP contribution in [0.3, 0.4) is 0 Å². The van der Waals surface area contributed by atoms with E-state index in [1.165, 1.54) is 0 Å². The molecule has 0 radical (unpaired) electrons. The zero-order valence-electron chi connectivity index (χ0n) is 10.2. The summed E-state index contributed by atoms with van der Waals surface area (Å²) in [5.41, 5.74) is 5.27. The summed E-state index contributed by atoms with van der Waals surface area (Å²) in [6.45, 7) is 9.48.